The van der Waals surface area contributed by atoms with Crippen LogP contribution in [0.4, 0.5) is 0 Å². The standard InChI is InChI=1S/C13H14ClNO3S/c1-7-2-3-8(4-9(7)14)5-11-12(16)15-10(6-19-11)13(17)18/h2-4,10-11H,5-6H2,1H3,(H,15,16)(H,17,18). The molecule has 1 fully saturated rings. The van der Waals surface area contributed by atoms with Gasteiger partial charge >= 0.3 is 5.97 Å². The number of thioether (sulfide) groups is 1. The summed E-state index contributed by atoms with van der Waals surface area (Å²) >= 11 is 7.42. The van der Waals surface area contributed by atoms with Gasteiger partial charge < -0.3 is 10.4 Å². The lowest BCUT2D eigenvalue weighted by atomic mass is 10.1. The molecule has 1 aliphatic rings. The minimum absolute atomic E-state index is 0.222. The average molecular weight is 300 g/mol. The minimum Gasteiger partial charge on any atom is -0.480 e. The molecule has 0 radical (unpaired) electrons. The second kappa shape index (κ2) is 5.84. The maximum atomic E-state index is 11.8. The molecule has 2 N–H and O–H groups in total. The summed E-state index contributed by atoms with van der Waals surface area (Å²) < 4.78 is 0. The molecule has 102 valence electrons. The first-order valence-electron chi connectivity index (χ1n) is 5.87. The lowest BCUT2D eigenvalue weighted by Crippen LogP contribution is -2.51. The number of nitrogens with one attached hydrogen (secondary N) is 1. The Morgan fingerprint density at radius 2 is 2.32 bits per heavy atom. The van der Waals surface area contributed by atoms with Gasteiger partial charge in [-0.2, -0.15) is 0 Å². The average Bonchev–Trinajstić information content (AvgIpc) is 2.36. The van der Waals surface area contributed by atoms with Gasteiger partial charge in [-0.15, -0.1) is 11.8 Å². The molecule has 0 aromatic heterocycles. The molecule has 1 aromatic carbocycles. The molecule has 1 aromatic rings. The van der Waals surface area contributed by atoms with Crippen LogP contribution in [0.2, 0.25) is 5.02 Å². The number of benzene rings is 1. The second-order valence-electron chi connectivity index (χ2n) is 4.51. The van der Waals surface area contributed by atoms with E-state index in [4.69, 9.17) is 16.7 Å². The van der Waals surface area contributed by atoms with E-state index in [1.807, 2.05) is 25.1 Å². The topological polar surface area (TPSA) is 66.4 Å². The predicted octanol–water partition coefficient (Wildman–Crippen LogP) is 1.88. The number of aliphatic carboxylic acids is 1. The van der Waals surface area contributed by atoms with Crippen molar-refractivity contribution in [3.8, 4) is 0 Å². The lowest BCUT2D eigenvalue weighted by Gasteiger charge is -2.26. The first-order chi connectivity index (χ1) is 8.97. The van der Waals surface area contributed by atoms with E-state index in [1.54, 1.807) is 0 Å². The van der Waals surface area contributed by atoms with E-state index in [2.05, 4.69) is 5.32 Å². The Bertz CT molecular complexity index is 521. The van der Waals surface area contributed by atoms with Gasteiger partial charge in [-0.3, -0.25) is 4.79 Å². The van der Waals surface area contributed by atoms with E-state index < -0.39 is 12.0 Å². The summed E-state index contributed by atoms with van der Waals surface area (Å²) in [5.74, 6) is -0.816. The second-order valence-corrected chi connectivity index (χ2v) is 6.15. The molecule has 0 bridgehead atoms. The summed E-state index contributed by atoms with van der Waals surface area (Å²) in [6, 6.07) is 4.94. The Morgan fingerprint density at radius 3 is 2.89 bits per heavy atom. The Labute approximate surface area is 120 Å². The maximum absolute atomic E-state index is 11.8. The van der Waals surface area contributed by atoms with Crippen LogP contribution in [0.15, 0.2) is 18.2 Å². The lowest BCUT2D eigenvalue weighted by molar-refractivity contribution is -0.141. The van der Waals surface area contributed by atoms with Gasteiger partial charge in [-0.25, -0.2) is 4.79 Å². The van der Waals surface area contributed by atoms with E-state index in [0.717, 1.165) is 11.1 Å². The summed E-state index contributed by atoms with van der Waals surface area (Å²) in [5.41, 5.74) is 1.98. The SMILES string of the molecule is Cc1ccc(CC2SCC(C(=O)O)NC2=O)cc1Cl. The number of halogens is 1. The number of carboxylic acids is 1. The number of aryl methyl sites for hydroxylation is 1. The van der Waals surface area contributed by atoms with Crippen molar-refractivity contribution < 1.29 is 14.7 Å². The third kappa shape index (κ3) is 3.42. The zero-order valence-electron chi connectivity index (χ0n) is 10.4. The Kier molecular flexibility index (Phi) is 4.37. The highest BCUT2D eigenvalue weighted by molar-refractivity contribution is 8.00. The normalized spacial score (nSPS) is 22.9. The third-order valence-electron chi connectivity index (χ3n) is 3.03. The Morgan fingerprint density at radius 1 is 1.58 bits per heavy atom. The molecule has 1 amide bonds. The molecule has 0 saturated carbocycles. The molecule has 2 atom stereocenters. The van der Waals surface area contributed by atoms with E-state index in [1.165, 1.54) is 11.8 Å². The van der Waals surface area contributed by atoms with E-state index in [0.29, 0.717) is 17.2 Å². The summed E-state index contributed by atoms with van der Waals surface area (Å²) in [6.45, 7) is 1.92. The van der Waals surface area contributed by atoms with E-state index in [9.17, 15) is 9.59 Å². The summed E-state index contributed by atoms with van der Waals surface area (Å²) in [4.78, 5) is 22.6. The van der Waals surface area contributed by atoms with Crippen molar-refractivity contribution in [3.63, 3.8) is 0 Å². The van der Waals surface area contributed by atoms with Crippen LogP contribution in [-0.4, -0.2) is 34.0 Å². The van der Waals surface area contributed by atoms with Crippen molar-refractivity contribution in [2.24, 2.45) is 0 Å². The van der Waals surface area contributed by atoms with Gasteiger partial charge in [0.15, 0.2) is 0 Å². The van der Waals surface area contributed by atoms with Gasteiger partial charge in [0.1, 0.15) is 6.04 Å². The number of hydrogen-bond donors (Lipinski definition) is 2. The maximum Gasteiger partial charge on any atom is 0.327 e. The van der Waals surface area contributed by atoms with Gasteiger partial charge in [0.25, 0.3) is 0 Å². The summed E-state index contributed by atoms with van der Waals surface area (Å²) in [5, 5.41) is 11.8. The molecule has 6 heteroatoms. The first kappa shape index (κ1) is 14.2. The highest BCUT2D eigenvalue weighted by Crippen LogP contribution is 2.24. The molecule has 1 aliphatic heterocycles. The molecule has 19 heavy (non-hydrogen) atoms. The van der Waals surface area contributed by atoms with E-state index in [-0.39, 0.29) is 11.2 Å². The Hall–Kier alpha value is -1.20. The van der Waals surface area contributed by atoms with Crippen LogP contribution < -0.4 is 5.32 Å². The molecule has 1 saturated heterocycles. The number of rotatable bonds is 3. The minimum atomic E-state index is -0.988. The van der Waals surface area contributed by atoms with Gasteiger partial charge in [-0.1, -0.05) is 23.7 Å². The number of carbonyl (C=O) groups excluding carboxylic acids is 1. The molecule has 4 nitrogen and oxygen atoms in total. The van der Waals surface area contributed by atoms with Gasteiger partial charge in [0.2, 0.25) is 5.91 Å². The van der Waals surface area contributed by atoms with Crippen molar-refractivity contribution in [1.82, 2.24) is 5.32 Å². The van der Waals surface area contributed by atoms with Crippen molar-refractivity contribution in [1.29, 1.82) is 0 Å². The van der Waals surface area contributed by atoms with Crippen LogP contribution in [-0.2, 0) is 16.0 Å². The highest BCUT2D eigenvalue weighted by atomic mass is 35.5. The van der Waals surface area contributed by atoms with Crippen molar-refractivity contribution in [2.45, 2.75) is 24.6 Å². The van der Waals surface area contributed by atoms with Crippen molar-refractivity contribution in [2.75, 3.05) is 5.75 Å². The fraction of sp³-hybridized carbons (Fsp3) is 0.385. The molecule has 0 spiro atoms. The first-order valence-corrected chi connectivity index (χ1v) is 7.30. The molecular weight excluding hydrogens is 286 g/mol. The summed E-state index contributed by atoms with van der Waals surface area (Å²) in [7, 11) is 0. The van der Waals surface area contributed by atoms with Crippen molar-refractivity contribution in [3.05, 3.63) is 34.3 Å². The molecule has 2 unspecified atom stereocenters. The molecular formula is C13H14ClNO3S. The zero-order valence-corrected chi connectivity index (χ0v) is 11.9. The summed E-state index contributed by atoms with van der Waals surface area (Å²) in [6.07, 6.45) is 0.558. The smallest absolute Gasteiger partial charge is 0.327 e. The third-order valence-corrected chi connectivity index (χ3v) is 4.74. The van der Waals surface area contributed by atoms with Crippen molar-refractivity contribution >= 4 is 35.2 Å². The van der Waals surface area contributed by atoms with E-state index >= 15 is 0 Å². The molecule has 1 heterocycles. The largest absolute Gasteiger partial charge is 0.480 e. The zero-order chi connectivity index (χ0) is 14.0. The molecule has 2 rings (SSSR count). The molecule has 0 aliphatic carbocycles. The number of amides is 1. The predicted molar refractivity (Wildman–Crippen MR) is 75.7 cm³/mol. The van der Waals surface area contributed by atoms with Crippen LogP contribution in [0.5, 0.6) is 0 Å². The van der Waals surface area contributed by atoms with Crippen LogP contribution in [0.3, 0.4) is 0 Å². The Balaban J connectivity index is 2.02. The monoisotopic (exact) mass is 299 g/mol. The van der Waals surface area contributed by atoms with Gasteiger partial charge in [-0.05, 0) is 30.5 Å². The number of carbonyl (C=O) groups is 2. The number of carboxylic acid groups (broad SMARTS) is 1. The van der Waals surface area contributed by atoms with Crippen LogP contribution in [0.1, 0.15) is 11.1 Å². The fourth-order valence-electron chi connectivity index (χ4n) is 1.86. The van der Waals surface area contributed by atoms with Crippen LogP contribution in [0, 0.1) is 6.92 Å². The highest BCUT2D eigenvalue weighted by Gasteiger charge is 2.32. The fourth-order valence-corrected chi connectivity index (χ4v) is 3.24. The quantitative estimate of drug-likeness (QED) is 0.894. The number of hydrogen-bond acceptors (Lipinski definition) is 3. The van der Waals surface area contributed by atoms with Gasteiger partial charge in [0.05, 0.1) is 5.25 Å². The van der Waals surface area contributed by atoms with Crippen LogP contribution >= 0.6 is 23.4 Å². The van der Waals surface area contributed by atoms with Crippen LogP contribution in [0.25, 0.3) is 0 Å². The van der Waals surface area contributed by atoms with Gasteiger partial charge in [0, 0.05) is 10.8 Å².